The number of alkyl halides is 3. The number of H-pyrrole nitrogens is 1. The van der Waals surface area contributed by atoms with Gasteiger partial charge in [-0.25, -0.2) is 0 Å². The molecule has 0 radical (unpaired) electrons. The molecule has 1 amide bonds. The number of rotatable bonds is 4. The lowest BCUT2D eigenvalue weighted by Crippen LogP contribution is -2.29. The van der Waals surface area contributed by atoms with Crippen molar-refractivity contribution >= 4 is 17.6 Å². The third-order valence-corrected chi connectivity index (χ3v) is 4.75. The minimum absolute atomic E-state index is 0.000400. The Morgan fingerprint density at radius 1 is 1.32 bits per heavy atom. The number of benzene rings is 1. The third-order valence-electron chi connectivity index (χ3n) is 4.75. The predicted octanol–water partition coefficient (Wildman–Crippen LogP) is 3.33. The van der Waals surface area contributed by atoms with Crippen LogP contribution in [0, 0.1) is 19.8 Å². The predicted molar refractivity (Wildman–Crippen MR) is 94.6 cm³/mol. The number of aromatic nitrogens is 2. The first-order valence-corrected chi connectivity index (χ1v) is 8.82. The Bertz CT molecular complexity index is 906. The van der Waals surface area contributed by atoms with Crippen LogP contribution >= 0.6 is 0 Å². The van der Waals surface area contributed by atoms with Crippen LogP contribution < -0.4 is 5.32 Å². The highest BCUT2D eigenvalue weighted by Crippen LogP contribution is 2.36. The minimum Gasteiger partial charge on any atom is -0.455 e. The SMILES string of the molecule is Cc1ccc(NC(=O)COC(=O)[C@@H]2CCc3[nH]nc(C(F)(F)F)c3C2)c(C)c1. The van der Waals surface area contributed by atoms with E-state index in [1.807, 2.05) is 26.0 Å². The van der Waals surface area contributed by atoms with Gasteiger partial charge in [0.2, 0.25) is 0 Å². The second-order valence-corrected chi connectivity index (χ2v) is 6.94. The number of ether oxygens (including phenoxy) is 1. The Morgan fingerprint density at radius 2 is 2.07 bits per heavy atom. The molecule has 0 saturated carbocycles. The highest BCUT2D eigenvalue weighted by atomic mass is 19.4. The molecule has 1 atom stereocenters. The zero-order valence-corrected chi connectivity index (χ0v) is 15.4. The fourth-order valence-corrected chi connectivity index (χ4v) is 3.33. The Labute approximate surface area is 159 Å². The first kappa shape index (κ1) is 19.9. The number of hydrogen-bond acceptors (Lipinski definition) is 4. The molecule has 6 nitrogen and oxygen atoms in total. The van der Waals surface area contributed by atoms with Crippen molar-refractivity contribution < 1.29 is 27.5 Å². The van der Waals surface area contributed by atoms with Crippen molar-refractivity contribution in [1.82, 2.24) is 10.2 Å². The van der Waals surface area contributed by atoms with E-state index in [1.54, 1.807) is 6.07 Å². The normalized spacial score (nSPS) is 16.4. The molecule has 0 aliphatic heterocycles. The monoisotopic (exact) mass is 395 g/mol. The molecule has 2 aromatic rings. The smallest absolute Gasteiger partial charge is 0.435 e. The van der Waals surface area contributed by atoms with E-state index in [0.717, 1.165) is 11.1 Å². The minimum atomic E-state index is -4.58. The molecular weight excluding hydrogens is 375 g/mol. The Kier molecular flexibility index (Phi) is 5.44. The Morgan fingerprint density at radius 3 is 2.75 bits per heavy atom. The van der Waals surface area contributed by atoms with Gasteiger partial charge in [0.15, 0.2) is 12.3 Å². The number of amides is 1. The quantitative estimate of drug-likeness (QED) is 0.778. The van der Waals surface area contributed by atoms with Gasteiger partial charge in [-0.05, 0) is 44.7 Å². The summed E-state index contributed by atoms with van der Waals surface area (Å²) < 4.78 is 44.0. The molecule has 0 fully saturated rings. The van der Waals surface area contributed by atoms with Crippen LogP contribution in [0.25, 0.3) is 0 Å². The van der Waals surface area contributed by atoms with E-state index < -0.39 is 36.3 Å². The molecule has 0 saturated heterocycles. The van der Waals surface area contributed by atoms with E-state index in [9.17, 15) is 22.8 Å². The van der Waals surface area contributed by atoms with Crippen molar-refractivity contribution in [1.29, 1.82) is 0 Å². The standard InChI is InChI=1S/C19H20F3N3O3/c1-10-3-5-14(11(2)7-10)23-16(26)9-28-18(27)12-4-6-15-13(8-12)17(25-24-15)19(20,21)22/h3,5,7,12H,4,6,8-9H2,1-2H3,(H,23,26)(H,24,25)/t12-/m1/s1. The summed E-state index contributed by atoms with van der Waals surface area (Å²) in [5.41, 5.74) is 1.94. The molecule has 1 aliphatic rings. The average Bonchev–Trinajstić information content (AvgIpc) is 3.05. The molecule has 2 N–H and O–H groups in total. The maximum atomic E-state index is 13.0. The van der Waals surface area contributed by atoms with Crippen LogP contribution in [0.5, 0.6) is 0 Å². The molecule has 0 spiro atoms. The van der Waals surface area contributed by atoms with E-state index in [2.05, 4.69) is 15.5 Å². The molecule has 1 aromatic heterocycles. The largest absolute Gasteiger partial charge is 0.455 e. The summed E-state index contributed by atoms with van der Waals surface area (Å²) >= 11 is 0. The maximum Gasteiger partial charge on any atom is 0.435 e. The fraction of sp³-hybridized carbons (Fsp3) is 0.421. The lowest BCUT2D eigenvalue weighted by atomic mass is 9.86. The van der Waals surface area contributed by atoms with Gasteiger partial charge in [0.25, 0.3) is 5.91 Å². The van der Waals surface area contributed by atoms with Crippen LogP contribution in [-0.4, -0.2) is 28.7 Å². The van der Waals surface area contributed by atoms with Crippen LogP contribution in [0.4, 0.5) is 18.9 Å². The van der Waals surface area contributed by atoms with Gasteiger partial charge in [-0.15, -0.1) is 0 Å². The first-order valence-electron chi connectivity index (χ1n) is 8.82. The lowest BCUT2D eigenvalue weighted by molar-refractivity contribution is -0.152. The molecule has 150 valence electrons. The number of halogens is 3. The van der Waals surface area contributed by atoms with Crippen molar-refractivity contribution in [3.05, 3.63) is 46.3 Å². The van der Waals surface area contributed by atoms with Gasteiger partial charge in [-0.2, -0.15) is 18.3 Å². The van der Waals surface area contributed by atoms with Gasteiger partial charge in [0.1, 0.15) is 0 Å². The number of nitrogens with one attached hydrogen (secondary N) is 2. The van der Waals surface area contributed by atoms with Crippen molar-refractivity contribution in [3.8, 4) is 0 Å². The summed E-state index contributed by atoms with van der Waals surface area (Å²) in [6, 6.07) is 5.51. The Balaban J connectivity index is 1.57. The van der Waals surface area contributed by atoms with Crippen LogP contribution in [0.1, 0.15) is 34.5 Å². The number of anilines is 1. The van der Waals surface area contributed by atoms with Crippen molar-refractivity contribution in [2.45, 2.75) is 39.3 Å². The molecule has 1 aliphatic carbocycles. The lowest BCUT2D eigenvalue weighted by Gasteiger charge is -2.21. The molecule has 9 heteroatoms. The van der Waals surface area contributed by atoms with E-state index >= 15 is 0 Å². The number of fused-ring (bicyclic) bond motifs is 1. The number of hydrogen-bond donors (Lipinski definition) is 2. The number of esters is 1. The summed E-state index contributed by atoms with van der Waals surface area (Å²) in [6.45, 7) is 3.28. The second kappa shape index (κ2) is 7.65. The van der Waals surface area contributed by atoms with Crippen LogP contribution in [0.3, 0.4) is 0 Å². The van der Waals surface area contributed by atoms with Crippen LogP contribution in [0.15, 0.2) is 18.2 Å². The summed E-state index contributed by atoms with van der Waals surface area (Å²) in [7, 11) is 0. The van der Waals surface area contributed by atoms with Gasteiger partial charge < -0.3 is 10.1 Å². The maximum absolute atomic E-state index is 13.0. The highest BCUT2D eigenvalue weighted by Gasteiger charge is 2.40. The molecular formula is C19H20F3N3O3. The number of aryl methyl sites for hydroxylation is 3. The fourth-order valence-electron chi connectivity index (χ4n) is 3.33. The molecule has 3 rings (SSSR count). The zero-order valence-electron chi connectivity index (χ0n) is 15.4. The number of aromatic amines is 1. The first-order chi connectivity index (χ1) is 13.1. The summed E-state index contributed by atoms with van der Waals surface area (Å²) in [6.07, 6.45) is -4.09. The average molecular weight is 395 g/mol. The topological polar surface area (TPSA) is 84.1 Å². The van der Waals surface area contributed by atoms with Gasteiger partial charge >= 0.3 is 12.1 Å². The van der Waals surface area contributed by atoms with Gasteiger partial charge in [0.05, 0.1) is 5.92 Å². The third kappa shape index (κ3) is 4.35. The van der Waals surface area contributed by atoms with Crippen molar-refractivity contribution in [2.24, 2.45) is 5.92 Å². The molecule has 0 bridgehead atoms. The van der Waals surface area contributed by atoms with Gasteiger partial charge in [-0.3, -0.25) is 14.7 Å². The Hall–Kier alpha value is -2.84. The van der Waals surface area contributed by atoms with Crippen molar-refractivity contribution in [3.63, 3.8) is 0 Å². The summed E-state index contributed by atoms with van der Waals surface area (Å²) in [4.78, 5) is 24.3. The highest BCUT2D eigenvalue weighted by molar-refractivity contribution is 5.93. The van der Waals surface area contributed by atoms with E-state index in [0.29, 0.717) is 17.8 Å². The number of carbonyl (C=O) groups excluding carboxylic acids is 2. The van der Waals surface area contributed by atoms with Crippen molar-refractivity contribution in [2.75, 3.05) is 11.9 Å². The number of carbonyl (C=O) groups is 2. The van der Waals surface area contributed by atoms with Crippen LogP contribution in [0.2, 0.25) is 0 Å². The van der Waals surface area contributed by atoms with E-state index in [-0.39, 0.29) is 18.4 Å². The molecule has 1 aromatic carbocycles. The van der Waals surface area contributed by atoms with Crippen LogP contribution in [-0.2, 0) is 33.3 Å². The summed E-state index contributed by atoms with van der Waals surface area (Å²) in [5, 5.41) is 8.38. The van der Waals surface area contributed by atoms with Gasteiger partial charge in [-0.1, -0.05) is 17.7 Å². The molecule has 1 heterocycles. The van der Waals surface area contributed by atoms with Gasteiger partial charge in [0, 0.05) is 16.9 Å². The van der Waals surface area contributed by atoms with E-state index in [1.165, 1.54) is 0 Å². The van der Waals surface area contributed by atoms with E-state index in [4.69, 9.17) is 4.74 Å². The zero-order chi connectivity index (χ0) is 20.5. The number of nitrogens with zero attached hydrogens (tertiary/aromatic N) is 1. The summed E-state index contributed by atoms with van der Waals surface area (Å²) in [5.74, 6) is -1.92. The second-order valence-electron chi connectivity index (χ2n) is 6.94. The molecule has 28 heavy (non-hydrogen) atoms. The molecule has 0 unspecified atom stereocenters.